The van der Waals surface area contributed by atoms with Gasteiger partial charge >= 0.3 is 5.97 Å². The molecule has 0 bridgehead atoms. The zero-order valence-electron chi connectivity index (χ0n) is 16.4. The number of phenols is 1. The van der Waals surface area contributed by atoms with E-state index in [0.29, 0.717) is 17.9 Å². The molecule has 3 N–H and O–H groups in total. The monoisotopic (exact) mass is 383 g/mol. The first-order chi connectivity index (χ1) is 13.3. The number of hydrogen-bond donors (Lipinski definition) is 3. The average molecular weight is 383 g/mol. The lowest BCUT2D eigenvalue weighted by Gasteiger charge is -2.19. The van der Waals surface area contributed by atoms with Crippen molar-refractivity contribution in [2.75, 3.05) is 5.32 Å². The summed E-state index contributed by atoms with van der Waals surface area (Å²) in [5, 5.41) is 21.6. The van der Waals surface area contributed by atoms with Gasteiger partial charge in [0.1, 0.15) is 23.7 Å². The van der Waals surface area contributed by atoms with E-state index in [1.54, 1.807) is 12.1 Å². The Kier molecular flexibility index (Phi) is 5.58. The van der Waals surface area contributed by atoms with Crippen LogP contribution in [-0.2, 0) is 28.9 Å². The van der Waals surface area contributed by atoms with Crippen LogP contribution in [0.4, 0.5) is 5.69 Å². The highest BCUT2D eigenvalue weighted by molar-refractivity contribution is 6.02. The fourth-order valence-electron chi connectivity index (χ4n) is 3.87. The Balaban J connectivity index is 1.97. The van der Waals surface area contributed by atoms with Gasteiger partial charge < -0.3 is 20.3 Å². The third-order valence-corrected chi connectivity index (χ3v) is 5.21. The SMILES string of the molecule is CCc1c(O)ccc(Oc2c(C)cc(NC(=O)CC(=O)O)c3c2CCC3)c1C. The number of hydrogen-bond acceptors (Lipinski definition) is 4. The van der Waals surface area contributed by atoms with Crippen LogP contribution in [0.1, 0.15) is 47.6 Å². The fraction of sp³-hybridized carbons (Fsp3) is 0.364. The van der Waals surface area contributed by atoms with Crippen LogP contribution in [0.5, 0.6) is 17.2 Å². The van der Waals surface area contributed by atoms with Gasteiger partial charge in [-0.05, 0) is 74.4 Å². The number of aromatic hydroxyl groups is 1. The number of carbonyl (C=O) groups excluding carboxylic acids is 1. The van der Waals surface area contributed by atoms with E-state index in [1.807, 2.05) is 26.8 Å². The molecule has 0 spiro atoms. The largest absolute Gasteiger partial charge is 0.508 e. The summed E-state index contributed by atoms with van der Waals surface area (Å²) in [4.78, 5) is 22.7. The standard InChI is InChI=1S/C22H25NO5/c1-4-14-13(3)19(9-8-18(14)24)28-22-12(2)10-17(15-6-5-7-16(15)22)23-20(25)11-21(26)27/h8-10,24H,4-7,11H2,1-3H3,(H,23,25)(H,26,27). The van der Waals surface area contributed by atoms with Crippen LogP contribution in [0.25, 0.3) is 0 Å². The molecule has 1 aliphatic rings. The lowest BCUT2D eigenvalue weighted by molar-refractivity contribution is -0.139. The molecule has 1 aliphatic carbocycles. The van der Waals surface area contributed by atoms with Crippen molar-refractivity contribution in [1.29, 1.82) is 0 Å². The lowest BCUT2D eigenvalue weighted by atomic mass is 10.0. The number of aliphatic carboxylic acids is 1. The fourth-order valence-corrected chi connectivity index (χ4v) is 3.87. The number of carboxylic acids is 1. The summed E-state index contributed by atoms with van der Waals surface area (Å²) in [5.41, 5.74) is 5.37. The summed E-state index contributed by atoms with van der Waals surface area (Å²) >= 11 is 0. The quantitative estimate of drug-likeness (QED) is 0.648. The van der Waals surface area contributed by atoms with Crippen molar-refractivity contribution < 1.29 is 24.5 Å². The van der Waals surface area contributed by atoms with Crippen molar-refractivity contribution in [1.82, 2.24) is 0 Å². The molecule has 0 unspecified atom stereocenters. The van der Waals surface area contributed by atoms with Crippen LogP contribution in [0.15, 0.2) is 18.2 Å². The van der Waals surface area contributed by atoms with E-state index < -0.39 is 18.3 Å². The zero-order valence-corrected chi connectivity index (χ0v) is 16.4. The summed E-state index contributed by atoms with van der Waals surface area (Å²) in [6.45, 7) is 5.84. The number of amides is 1. The number of carboxylic acid groups (broad SMARTS) is 1. The van der Waals surface area contributed by atoms with Gasteiger partial charge in [-0.2, -0.15) is 0 Å². The Labute approximate surface area is 164 Å². The van der Waals surface area contributed by atoms with Gasteiger partial charge in [-0.1, -0.05) is 6.92 Å². The van der Waals surface area contributed by atoms with Gasteiger partial charge in [0.25, 0.3) is 0 Å². The van der Waals surface area contributed by atoms with E-state index in [-0.39, 0.29) is 5.75 Å². The number of anilines is 1. The van der Waals surface area contributed by atoms with Crippen molar-refractivity contribution >= 4 is 17.6 Å². The van der Waals surface area contributed by atoms with Crippen LogP contribution in [0.2, 0.25) is 0 Å². The molecule has 0 saturated carbocycles. The third-order valence-electron chi connectivity index (χ3n) is 5.21. The maximum Gasteiger partial charge on any atom is 0.312 e. The second-order valence-electron chi connectivity index (χ2n) is 7.14. The molecular formula is C22H25NO5. The van der Waals surface area contributed by atoms with Crippen molar-refractivity contribution in [2.24, 2.45) is 0 Å². The van der Waals surface area contributed by atoms with Crippen LogP contribution >= 0.6 is 0 Å². The molecule has 2 aromatic carbocycles. The maximum atomic E-state index is 11.9. The summed E-state index contributed by atoms with van der Waals surface area (Å²) in [6.07, 6.45) is 2.75. The molecule has 0 heterocycles. The number of nitrogens with one attached hydrogen (secondary N) is 1. The number of phenolic OH excluding ortho intramolecular Hbond substituents is 1. The molecule has 0 fully saturated rings. The first kappa shape index (κ1) is 19.7. The highest BCUT2D eigenvalue weighted by Gasteiger charge is 2.24. The van der Waals surface area contributed by atoms with Gasteiger partial charge in [-0.15, -0.1) is 0 Å². The molecule has 0 saturated heterocycles. The van der Waals surface area contributed by atoms with Gasteiger partial charge in [0, 0.05) is 16.8 Å². The minimum Gasteiger partial charge on any atom is -0.508 e. The Bertz CT molecular complexity index is 949. The molecule has 0 radical (unpaired) electrons. The normalized spacial score (nSPS) is 12.5. The Hall–Kier alpha value is -3.02. The predicted molar refractivity (Wildman–Crippen MR) is 106 cm³/mol. The highest BCUT2D eigenvalue weighted by atomic mass is 16.5. The van der Waals surface area contributed by atoms with Crippen LogP contribution in [-0.4, -0.2) is 22.1 Å². The molecule has 0 aliphatic heterocycles. The highest BCUT2D eigenvalue weighted by Crippen LogP contribution is 2.42. The van der Waals surface area contributed by atoms with E-state index in [0.717, 1.165) is 52.8 Å². The van der Waals surface area contributed by atoms with Gasteiger partial charge in [-0.25, -0.2) is 0 Å². The number of carbonyl (C=O) groups is 2. The third kappa shape index (κ3) is 3.81. The molecule has 0 atom stereocenters. The number of rotatable bonds is 6. The van der Waals surface area contributed by atoms with E-state index in [9.17, 15) is 14.7 Å². The van der Waals surface area contributed by atoms with E-state index in [4.69, 9.17) is 9.84 Å². The minimum atomic E-state index is -1.15. The molecule has 6 heteroatoms. The Morgan fingerprint density at radius 3 is 2.57 bits per heavy atom. The smallest absolute Gasteiger partial charge is 0.312 e. The van der Waals surface area contributed by atoms with Crippen molar-refractivity contribution in [3.8, 4) is 17.2 Å². The first-order valence-corrected chi connectivity index (χ1v) is 9.48. The molecule has 3 rings (SSSR count). The van der Waals surface area contributed by atoms with E-state index in [1.165, 1.54) is 0 Å². The Morgan fingerprint density at radius 1 is 1.18 bits per heavy atom. The molecule has 28 heavy (non-hydrogen) atoms. The first-order valence-electron chi connectivity index (χ1n) is 9.48. The molecule has 0 aromatic heterocycles. The molecule has 148 valence electrons. The second-order valence-corrected chi connectivity index (χ2v) is 7.14. The summed E-state index contributed by atoms with van der Waals surface area (Å²) in [5.74, 6) is 0.0665. The predicted octanol–water partition coefficient (Wildman–Crippen LogP) is 4.27. The summed E-state index contributed by atoms with van der Waals surface area (Å²) in [6, 6.07) is 5.26. The molecular weight excluding hydrogens is 358 g/mol. The zero-order chi connectivity index (χ0) is 20.4. The van der Waals surface area contributed by atoms with Gasteiger partial charge in [-0.3, -0.25) is 9.59 Å². The molecule has 6 nitrogen and oxygen atoms in total. The van der Waals surface area contributed by atoms with Gasteiger partial charge in [0.15, 0.2) is 0 Å². The summed E-state index contributed by atoms with van der Waals surface area (Å²) < 4.78 is 6.29. The maximum absolute atomic E-state index is 11.9. The van der Waals surface area contributed by atoms with Crippen molar-refractivity contribution in [3.05, 3.63) is 46.0 Å². The topological polar surface area (TPSA) is 95.9 Å². The second kappa shape index (κ2) is 7.92. The molecule has 2 aromatic rings. The van der Waals surface area contributed by atoms with Crippen LogP contribution in [0, 0.1) is 13.8 Å². The van der Waals surface area contributed by atoms with Crippen LogP contribution < -0.4 is 10.1 Å². The van der Waals surface area contributed by atoms with Crippen molar-refractivity contribution in [3.63, 3.8) is 0 Å². The van der Waals surface area contributed by atoms with Gasteiger partial charge in [0.2, 0.25) is 5.91 Å². The van der Waals surface area contributed by atoms with Crippen LogP contribution in [0.3, 0.4) is 0 Å². The lowest BCUT2D eigenvalue weighted by Crippen LogP contribution is -2.17. The number of aryl methyl sites for hydroxylation is 1. The number of ether oxygens (including phenoxy) is 1. The molecule has 1 amide bonds. The number of fused-ring (bicyclic) bond motifs is 1. The number of benzene rings is 2. The van der Waals surface area contributed by atoms with Gasteiger partial charge in [0.05, 0.1) is 0 Å². The minimum absolute atomic E-state index is 0.269. The Morgan fingerprint density at radius 2 is 1.89 bits per heavy atom. The van der Waals surface area contributed by atoms with E-state index in [2.05, 4.69) is 5.32 Å². The van der Waals surface area contributed by atoms with E-state index >= 15 is 0 Å². The summed E-state index contributed by atoms with van der Waals surface area (Å²) in [7, 11) is 0. The van der Waals surface area contributed by atoms with Crippen molar-refractivity contribution in [2.45, 2.75) is 52.9 Å². The average Bonchev–Trinajstić information content (AvgIpc) is 3.09.